The summed E-state index contributed by atoms with van der Waals surface area (Å²) < 4.78 is 3.02. The quantitative estimate of drug-likeness (QED) is 0.255. The monoisotopic (exact) mass is 594 g/mol. The van der Waals surface area contributed by atoms with Crippen molar-refractivity contribution in [1.29, 1.82) is 0 Å². The summed E-state index contributed by atoms with van der Waals surface area (Å²) in [4.78, 5) is 18.7. The molecular weight excluding hydrogens is 563 g/mol. The molecule has 0 bridgehead atoms. The Labute approximate surface area is 224 Å². The Kier molecular flexibility index (Phi) is 6.33. The number of aromatic nitrogens is 4. The predicted molar refractivity (Wildman–Crippen MR) is 149 cm³/mol. The third-order valence-corrected chi connectivity index (χ3v) is 9.17. The zero-order valence-corrected chi connectivity index (χ0v) is 22.4. The number of hydrogen-bond acceptors (Lipinski definition) is 4. The molecule has 1 aliphatic heterocycles. The lowest BCUT2D eigenvalue weighted by Crippen LogP contribution is -2.50. The molecule has 36 heavy (non-hydrogen) atoms. The smallest absolute Gasteiger partial charge is 0.243 e. The lowest BCUT2D eigenvalue weighted by molar-refractivity contribution is -0.138. The number of nitrogens with two attached hydrogens (primary N) is 1. The van der Waals surface area contributed by atoms with E-state index in [-0.39, 0.29) is 17.4 Å². The maximum Gasteiger partial charge on any atom is 0.243 e. The van der Waals surface area contributed by atoms with Crippen molar-refractivity contribution in [2.45, 2.75) is 61.1 Å². The van der Waals surface area contributed by atoms with Crippen LogP contribution in [0.1, 0.15) is 54.0 Å². The molecule has 8 heteroatoms. The van der Waals surface area contributed by atoms with Crippen molar-refractivity contribution in [2.24, 2.45) is 5.73 Å². The highest BCUT2D eigenvalue weighted by molar-refractivity contribution is 14.1. The van der Waals surface area contributed by atoms with E-state index < -0.39 is 0 Å². The van der Waals surface area contributed by atoms with Crippen LogP contribution in [0, 0.1) is 0 Å². The van der Waals surface area contributed by atoms with Gasteiger partial charge in [-0.3, -0.25) is 4.79 Å². The fraction of sp³-hybridized carbons (Fsp3) is 0.393. The van der Waals surface area contributed by atoms with E-state index in [2.05, 4.69) is 74.2 Å². The van der Waals surface area contributed by atoms with Gasteiger partial charge in [-0.2, -0.15) is 0 Å². The Hall–Kier alpha value is -2.72. The third kappa shape index (κ3) is 4.14. The van der Waals surface area contributed by atoms with Crippen molar-refractivity contribution in [3.8, 4) is 0 Å². The largest absolute Gasteiger partial charge is 0.361 e. The molecule has 6 rings (SSSR count). The molecule has 7 nitrogen and oxygen atoms in total. The second kappa shape index (κ2) is 9.63. The van der Waals surface area contributed by atoms with Gasteiger partial charge in [0.15, 0.2) is 5.82 Å². The molecule has 0 atom stereocenters. The summed E-state index contributed by atoms with van der Waals surface area (Å²) in [5.74, 6) is 1.90. The first-order valence-corrected chi connectivity index (χ1v) is 14.2. The number of aromatic amines is 1. The van der Waals surface area contributed by atoms with E-state index in [0.717, 1.165) is 47.3 Å². The molecule has 1 aliphatic carbocycles. The fourth-order valence-corrected chi connectivity index (χ4v) is 6.59. The number of amides is 1. The number of nitrogens with one attached hydrogen (secondary N) is 1. The van der Waals surface area contributed by atoms with Crippen LogP contribution < -0.4 is 5.73 Å². The van der Waals surface area contributed by atoms with Gasteiger partial charge in [0.05, 0.1) is 6.54 Å². The van der Waals surface area contributed by atoms with E-state index in [1.54, 1.807) is 0 Å². The van der Waals surface area contributed by atoms with Gasteiger partial charge in [0, 0.05) is 45.9 Å². The maximum absolute atomic E-state index is 13.3. The van der Waals surface area contributed by atoms with Gasteiger partial charge in [0.25, 0.3) is 0 Å². The Morgan fingerprint density at radius 3 is 2.72 bits per heavy atom. The number of alkyl halides is 1. The Morgan fingerprint density at radius 1 is 1.08 bits per heavy atom. The first-order valence-electron chi connectivity index (χ1n) is 12.7. The molecule has 1 amide bonds. The molecule has 0 spiro atoms. The van der Waals surface area contributed by atoms with Crippen LogP contribution in [0.15, 0.2) is 54.7 Å². The molecule has 2 aromatic heterocycles. The highest BCUT2D eigenvalue weighted by Crippen LogP contribution is 2.41. The van der Waals surface area contributed by atoms with Crippen molar-refractivity contribution in [3.63, 3.8) is 0 Å². The van der Waals surface area contributed by atoms with Crippen LogP contribution in [0.5, 0.6) is 0 Å². The molecule has 4 aromatic rings. The van der Waals surface area contributed by atoms with E-state index in [1.807, 2.05) is 27.8 Å². The zero-order valence-electron chi connectivity index (χ0n) is 20.3. The number of hydrogen-bond donors (Lipinski definition) is 2. The van der Waals surface area contributed by atoms with Gasteiger partial charge in [-0.15, -0.1) is 10.2 Å². The normalized spacial score (nSPS) is 22.2. The van der Waals surface area contributed by atoms with Crippen LogP contribution >= 0.6 is 22.6 Å². The third-order valence-electron chi connectivity index (χ3n) is 8.29. The molecule has 0 saturated heterocycles. The maximum atomic E-state index is 13.3. The van der Waals surface area contributed by atoms with Crippen LogP contribution in [-0.2, 0) is 34.1 Å². The van der Waals surface area contributed by atoms with Crippen LogP contribution in [0.3, 0.4) is 0 Å². The summed E-state index contributed by atoms with van der Waals surface area (Å²) in [6, 6.07) is 17.4. The van der Waals surface area contributed by atoms with Gasteiger partial charge in [0.1, 0.15) is 12.4 Å². The molecular formula is C28H31IN6O. The first-order chi connectivity index (χ1) is 17.6. The highest BCUT2D eigenvalue weighted by Gasteiger charge is 2.40. The average molecular weight is 595 g/mol. The molecule has 3 N–H and O–H groups in total. The molecule has 3 heterocycles. The topological polar surface area (TPSA) is 92.8 Å². The fourth-order valence-electron chi connectivity index (χ4n) is 6.11. The second-order valence-electron chi connectivity index (χ2n) is 10.2. The highest BCUT2D eigenvalue weighted by atomic mass is 127. The van der Waals surface area contributed by atoms with Crippen LogP contribution in [0.2, 0.25) is 0 Å². The van der Waals surface area contributed by atoms with E-state index >= 15 is 0 Å². The standard InChI is InChI=1S/C28H31IN6O/c29-14-19-4-3-5-21(12-19)28(18-30)10-8-22(9-11-28)34-16-26-33-32-25(35(26)17-27(34)36)13-20-15-31-24-7-2-1-6-23(20)24/h1-7,12,15,22,31H,8-11,13-14,16-18,30H2/t22-,28+. The number of nitrogens with zero attached hydrogens (tertiary/aromatic N) is 4. The summed E-state index contributed by atoms with van der Waals surface area (Å²) >= 11 is 2.41. The first kappa shape index (κ1) is 23.7. The molecule has 186 valence electrons. The number of para-hydroxylation sites is 1. The van der Waals surface area contributed by atoms with E-state index in [1.165, 1.54) is 22.1 Å². The van der Waals surface area contributed by atoms with Gasteiger partial charge in [-0.1, -0.05) is 65.1 Å². The Bertz CT molecular complexity index is 1400. The number of benzene rings is 2. The van der Waals surface area contributed by atoms with E-state index in [0.29, 0.717) is 26.1 Å². The predicted octanol–water partition coefficient (Wildman–Crippen LogP) is 4.47. The minimum absolute atomic E-state index is 0.00365. The molecule has 2 aliphatic rings. The molecule has 1 fully saturated rings. The molecule has 2 aromatic carbocycles. The number of rotatable bonds is 6. The Morgan fingerprint density at radius 2 is 1.92 bits per heavy atom. The van der Waals surface area contributed by atoms with Crippen molar-refractivity contribution in [3.05, 3.63) is 83.1 Å². The minimum Gasteiger partial charge on any atom is -0.361 e. The van der Waals surface area contributed by atoms with Crippen molar-refractivity contribution in [2.75, 3.05) is 6.54 Å². The average Bonchev–Trinajstić information content (AvgIpc) is 3.52. The van der Waals surface area contributed by atoms with Crippen LogP contribution in [0.25, 0.3) is 10.9 Å². The lowest BCUT2D eigenvalue weighted by Gasteiger charge is -2.44. The summed E-state index contributed by atoms with van der Waals surface area (Å²) in [5.41, 5.74) is 11.3. The van der Waals surface area contributed by atoms with Gasteiger partial charge in [-0.25, -0.2) is 0 Å². The Balaban J connectivity index is 1.17. The van der Waals surface area contributed by atoms with Gasteiger partial charge < -0.3 is 20.2 Å². The molecule has 0 unspecified atom stereocenters. The minimum atomic E-state index is 0.00365. The SMILES string of the molecule is NC[C@]1(c2cccc(CI)c2)CC[C@@H](N2Cc3nnc(Cc4c[nH]c5ccccc45)n3CC2=O)CC1. The number of halogens is 1. The van der Waals surface area contributed by atoms with Crippen molar-refractivity contribution in [1.82, 2.24) is 24.6 Å². The summed E-state index contributed by atoms with van der Waals surface area (Å²) in [5, 5.41) is 10.2. The van der Waals surface area contributed by atoms with Crippen LogP contribution in [-0.4, -0.2) is 43.1 Å². The van der Waals surface area contributed by atoms with Gasteiger partial charge in [0.2, 0.25) is 5.91 Å². The van der Waals surface area contributed by atoms with Crippen molar-refractivity contribution < 1.29 is 4.79 Å². The van der Waals surface area contributed by atoms with E-state index in [9.17, 15) is 4.79 Å². The summed E-state index contributed by atoms with van der Waals surface area (Å²) in [6.45, 7) is 1.49. The van der Waals surface area contributed by atoms with E-state index in [4.69, 9.17) is 5.73 Å². The second-order valence-corrected chi connectivity index (χ2v) is 11.0. The zero-order chi connectivity index (χ0) is 24.7. The van der Waals surface area contributed by atoms with Crippen molar-refractivity contribution >= 4 is 39.4 Å². The lowest BCUT2D eigenvalue weighted by atomic mass is 9.67. The van der Waals surface area contributed by atoms with Crippen LogP contribution in [0.4, 0.5) is 0 Å². The number of H-pyrrole nitrogens is 1. The number of fused-ring (bicyclic) bond motifs is 2. The molecule has 1 saturated carbocycles. The summed E-state index contributed by atoms with van der Waals surface area (Å²) in [7, 11) is 0. The van der Waals surface area contributed by atoms with Gasteiger partial charge in [-0.05, 0) is 48.4 Å². The molecule has 0 radical (unpaired) electrons. The number of carbonyl (C=O) groups is 1. The summed E-state index contributed by atoms with van der Waals surface area (Å²) in [6.07, 6.45) is 6.62. The van der Waals surface area contributed by atoms with Gasteiger partial charge >= 0.3 is 0 Å². The number of carbonyl (C=O) groups excluding carboxylic acids is 1.